The van der Waals surface area contributed by atoms with E-state index < -0.39 is 0 Å². The number of guanidine groups is 1. The molecule has 0 radical (unpaired) electrons. The maximum Gasteiger partial charge on any atom is 0.191 e. The molecule has 2 rings (SSSR count). The minimum Gasteiger partial charge on any atom is -0.385 e. The predicted octanol–water partition coefficient (Wildman–Crippen LogP) is 3.40. The molecule has 5 heteroatoms. The van der Waals surface area contributed by atoms with E-state index in [-0.39, 0.29) is 0 Å². The number of rotatable bonds is 11. The van der Waals surface area contributed by atoms with E-state index in [1.54, 1.807) is 7.11 Å². The van der Waals surface area contributed by atoms with E-state index in [0.29, 0.717) is 6.04 Å². The van der Waals surface area contributed by atoms with Gasteiger partial charge in [-0.1, -0.05) is 38.5 Å². The highest BCUT2D eigenvalue weighted by atomic mass is 16.5. The molecular weight excluding hydrogens is 324 g/mol. The molecule has 2 fully saturated rings. The minimum atomic E-state index is 0.560. The van der Waals surface area contributed by atoms with Crippen LogP contribution in [-0.2, 0) is 4.74 Å². The second-order valence-electron chi connectivity index (χ2n) is 8.01. The lowest BCUT2D eigenvalue weighted by molar-refractivity contribution is 0.155. The number of aliphatic imine (C=N–C) groups is 1. The highest BCUT2D eigenvalue weighted by Gasteiger charge is 2.19. The number of hydrogen-bond donors (Lipinski definition) is 2. The second-order valence-corrected chi connectivity index (χ2v) is 8.01. The monoisotopic (exact) mass is 366 g/mol. The van der Waals surface area contributed by atoms with E-state index in [2.05, 4.69) is 22.5 Å². The number of ether oxygens (including phenoxy) is 1. The summed E-state index contributed by atoms with van der Waals surface area (Å²) in [7, 11) is 1.78. The summed E-state index contributed by atoms with van der Waals surface area (Å²) in [5.41, 5.74) is 0. The summed E-state index contributed by atoms with van der Waals surface area (Å²) < 4.78 is 5.15. The molecule has 1 saturated heterocycles. The van der Waals surface area contributed by atoms with Crippen molar-refractivity contribution in [2.24, 2.45) is 10.9 Å². The molecule has 5 nitrogen and oxygen atoms in total. The number of likely N-dealkylation sites (tertiary alicyclic amines) is 1. The third kappa shape index (κ3) is 8.72. The summed E-state index contributed by atoms with van der Waals surface area (Å²) in [5, 5.41) is 7.09. The fourth-order valence-electron chi connectivity index (χ4n) is 4.28. The van der Waals surface area contributed by atoms with Crippen LogP contribution in [0.1, 0.15) is 71.1 Å². The average Bonchev–Trinajstić information content (AvgIpc) is 3.17. The molecular formula is C21H42N4O. The molecule has 152 valence electrons. The van der Waals surface area contributed by atoms with E-state index in [1.165, 1.54) is 70.9 Å². The van der Waals surface area contributed by atoms with Crippen molar-refractivity contribution in [3.63, 3.8) is 0 Å². The number of unbranched alkanes of at least 4 members (excludes halogenated alkanes) is 1. The van der Waals surface area contributed by atoms with Crippen LogP contribution in [0.5, 0.6) is 0 Å². The SMILES string of the molecule is CCNC(=NCCCCC1CCCC1)NC1CCN(CCCOC)CC1. The van der Waals surface area contributed by atoms with Gasteiger partial charge in [-0.3, -0.25) is 4.99 Å². The Morgan fingerprint density at radius 2 is 1.85 bits per heavy atom. The van der Waals surface area contributed by atoms with Crippen LogP contribution in [0.3, 0.4) is 0 Å². The van der Waals surface area contributed by atoms with Crippen molar-refractivity contribution in [1.29, 1.82) is 0 Å². The van der Waals surface area contributed by atoms with Gasteiger partial charge in [0.25, 0.3) is 0 Å². The quantitative estimate of drug-likeness (QED) is 0.334. The van der Waals surface area contributed by atoms with E-state index in [9.17, 15) is 0 Å². The zero-order valence-electron chi connectivity index (χ0n) is 17.3. The Kier molecular flexibility index (Phi) is 11.1. The van der Waals surface area contributed by atoms with Crippen LogP contribution in [0.15, 0.2) is 4.99 Å². The second kappa shape index (κ2) is 13.4. The lowest BCUT2D eigenvalue weighted by Crippen LogP contribution is -2.48. The maximum atomic E-state index is 5.15. The van der Waals surface area contributed by atoms with Crippen molar-refractivity contribution in [2.45, 2.75) is 77.2 Å². The molecule has 0 atom stereocenters. The molecule has 2 aliphatic rings. The van der Waals surface area contributed by atoms with Gasteiger partial charge in [0.1, 0.15) is 0 Å². The topological polar surface area (TPSA) is 48.9 Å². The average molecular weight is 367 g/mol. The van der Waals surface area contributed by atoms with Crippen molar-refractivity contribution in [1.82, 2.24) is 15.5 Å². The van der Waals surface area contributed by atoms with Crippen molar-refractivity contribution in [2.75, 3.05) is 46.4 Å². The third-order valence-electron chi connectivity index (χ3n) is 5.86. The van der Waals surface area contributed by atoms with Crippen molar-refractivity contribution >= 4 is 5.96 Å². The maximum absolute atomic E-state index is 5.15. The van der Waals surface area contributed by atoms with E-state index in [1.807, 2.05) is 0 Å². The molecule has 0 unspecified atom stereocenters. The molecule has 0 spiro atoms. The van der Waals surface area contributed by atoms with Gasteiger partial charge >= 0.3 is 0 Å². The van der Waals surface area contributed by atoms with Gasteiger partial charge in [0.2, 0.25) is 0 Å². The van der Waals surface area contributed by atoms with Crippen molar-refractivity contribution in [3.05, 3.63) is 0 Å². The fraction of sp³-hybridized carbons (Fsp3) is 0.952. The van der Waals surface area contributed by atoms with Crippen LogP contribution in [0.2, 0.25) is 0 Å². The number of methoxy groups -OCH3 is 1. The van der Waals surface area contributed by atoms with Gasteiger partial charge in [-0.25, -0.2) is 0 Å². The standard InChI is InChI=1S/C21H42N4O/c1-3-22-21(23-14-7-6-11-19-9-4-5-10-19)24-20-12-16-25(17-13-20)15-8-18-26-2/h19-20H,3-18H2,1-2H3,(H2,22,23,24). The van der Waals surface area contributed by atoms with Crippen LogP contribution in [0, 0.1) is 5.92 Å². The largest absolute Gasteiger partial charge is 0.385 e. The Hall–Kier alpha value is -0.810. The smallest absolute Gasteiger partial charge is 0.191 e. The number of piperidine rings is 1. The van der Waals surface area contributed by atoms with E-state index in [0.717, 1.165) is 44.5 Å². The van der Waals surface area contributed by atoms with E-state index >= 15 is 0 Å². The highest BCUT2D eigenvalue weighted by Crippen LogP contribution is 2.28. The highest BCUT2D eigenvalue weighted by molar-refractivity contribution is 5.80. The van der Waals surface area contributed by atoms with Gasteiger partial charge < -0.3 is 20.3 Å². The predicted molar refractivity (Wildman–Crippen MR) is 111 cm³/mol. The van der Waals surface area contributed by atoms with Gasteiger partial charge in [-0.15, -0.1) is 0 Å². The first kappa shape index (κ1) is 21.5. The van der Waals surface area contributed by atoms with Gasteiger partial charge in [0, 0.05) is 52.5 Å². The van der Waals surface area contributed by atoms with Crippen molar-refractivity contribution in [3.8, 4) is 0 Å². The van der Waals surface area contributed by atoms with Gasteiger partial charge in [0.15, 0.2) is 5.96 Å². The van der Waals surface area contributed by atoms with Crippen LogP contribution in [-0.4, -0.2) is 63.3 Å². The molecule has 2 N–H and O–H groups in total. The summed E-state index contributed by atoms with van der Waals surface area (Å²) in [4.78, 5) is 7.38. The minimum absolute atomic E-state index is 0.560. The zero-order chi connectivity index (χ0) is 18.5. The molecule has 1 aliphatic heterocycles. The Morgan fingerprint density at radius 1 is 1.08 bits per heavy atom. The summed E-state index contributed by atoms with van der Waals surface area (Å²) >= 11 is 0. The molecule has 1 saturated carbocycles. The number of hydrogen-bond acceptors (Lipinski definition) is 3. The first-order valence-electron chi connectivity index (χ1n) is 11.1. The Labute approximate surface area is 161 Å². The van der Waals surface area contributed by atoms with Crippen LogP contribution < -0.4 is 10.6 Å². The van der Waals surface area contributed by atoms with Crippen LogP contribution in [0.4, 0.5) is 0 Å². The van der Waals surface area contributed by atoms with Crippen molar-refractivity contribution < 1.29 is 4.74 Å². The lowest BCUT2D eigenvalue weighted by atomic mass is 10.0. The van der Waals surface area contributed by atoms with Gasteiger partial charge in [0.05, 0.1) is 0 Å². The molecule has 0 aromatic rings. The van der Waals surface area contributed by atoms with Gasteiger partial charge in [-0.05, 0) is 38.5 Å². The molecule has 0 amide bonds. The first-order valence-corrected chi connectivity index (χ1v) is 11.1. The van der Waals surface area contributed by atoms with E-state index in [4.69, 9.17) is 9.73 Å². The molecule has 0 aromatic carbocycles. The summed E-state index contributed by atoms with van der Waals surface area (Å²) in [6.45, 7) is 8.44. The van der Waals surface area contributed by atoms with Crippen LogP contribution >= 0.6 is 0 Å². The fourth-order valence-corrected chi connectivity index (χ4v) is 4.28. The summed E-state index contributed by atoms with van der Waals surface area (Å²) in [6, 6.07) is 0.560. The summed E-state index contributed by atoms with van der Waals surface area (Å²) in [6.07, 6.45) is 13.4. The zero-order valence-corrected chi connectivity index (χ0v) is 17.3. The first-order chi connectivity index (χ1) is 12.8. The number of nitrogens with one attached hydrogen (secondary N) is 2. The Bertz CT molecular complexity index is 374. The Morgan fingerprint density at radius 3 is 2.54 bits per heavy atom. The number of nitrogens with zero attached hydrogens (tertiary/aromatic N) is 2. The summed E-state index contributed by atoms with van der Waals surface area (Å²) in [5.74, 6) is 2.03. The molecule has 26 heavy (non-hydrogen) atoms. The van der Waals surface area contributed by atoms with Crippen LogP contribution in [0.25, 0.3) is 0 Å². The lowest BCUT2D eigenvalue weighted by Gasteiger charge is -2.33. The molecule has 0 aromatic heterocycles. The van der Waals surface area contributed by atoms with Gasteiger partial charge in [-0.2, -0.15) is 0 Å². The third-order valence-corrected chi connectivity index (χ3v) is 5.86. The molecule has 0 bridgehead atoms. The molecule has 1 heterocycles. The normalized spacial score (nSPS) is 20.6. The molecule has 1 aliphatic carbocycles. The Balaban J connectivity index is 1.60.